The predicted molar refractivity (Wildman–Crippen MR) is 44.5 cm³/mol. The van der Waals surface area contributed by atoms with Crippen LogP contribution in [-0.4, -0.2) is 30.1 Å². The van der Waals surface area contributed by atoms with Crippen LogP contribution in [0, 0.1) is 0 Å². The average molecular weight is 156 g/mol. The van der Waals surface area contributed by atoms with Crippen molar-refractivity contribution in [3.8, 4) is 0 Å². The lowest BCUT2D eigenvalue weighted by molar-refractivity contribution is 0.181. The molecular formula is C8H16N2O. The third kappa shape index (κ3) is 1.85. The first-order valence-electron chi connectivity index (χ1n) is 4.17. The molecule has 1 saturated carbocycles. The Labute approximate surface area is 67.8 Å². The number of urea groups is 1. The van der Waals surface area contributed by atoms with Crippen LogP contribution >= 0.6 is 0 Å². The van der Waals surface area contributed by atoms with Gasteiger partial charge in [-0.1, -0.05) is 0 Å². The second kappa shape index (κ2) is 3.11. The molecule has 0 aliphatic heterocycles. The summed E-state index contributed by atoms with van der Waals surface area (Å²) in [6.07, 6.45) is 2.34. The summed E-state index contributed by atoms with van der Waals surface area (Å²) in [5.74, 6) is 0. The quantitative estimate of drug-likeness (QED) is 0.640. The number of carbonyl (C=O) groups excluding carboxylic acids is 1. The largest absolute Gasteiger partial charge is 0.341 e. The molecule has 3 heteroatoms. The molecule has 0 radical (unpaired) electrons. The van der Waals surface area contributed by atoms with Crippen LogP contribution in [0.15, 0.2) is 0 Å². The molecule has 0 heterocycles. The number of carbonyl (C=O) groups is 1. The Morgan fingerprint density at radius 1 is 1.55 bits per heavy atom. The lowest BCUT2D eigenvalue weighted by Crippen LogP contribution is -2.43. The molecule has 1 aliphatic rings. The molecule has 11 heavy (non-hydrogen) atoms. The highest BCUT2D eigenvalue weighted by atomic mass is 16.2. The van der Waals surface area contributed by atoms with Gasteiger partial charge in [-0.05, 0) is 26.7 Å². The van der Waals surface area contributed by atoms with Crippen molar-refractivity contribution in [1.29, 1.82) is 0 Å². The minimum absolute atomic E-state index is 0.0579. The maximum absolute atomic E-state index is 11.2. The van der Waals surface area contributed by atoms with E-state index in [1.54, 1.807) is 7.05 Å². The topological polar surface area (TPSA) is 32.3 Å². The summed E-state index contributed by atoms with van der Waals surface area (Å²) in [6.45, 7) is 4.10. The van der Waals surface area contributed by atoms with Crippen LogP contribution in [0.5, 0.6) is 0 Å². The molecule has 2 amide bonds. The minimum Gasteiger partial charge on any atom is -0.341 e. The highest BCUT2D eigenvalue weighted by Gasteiger charge is 2.33. The Balaban J connectivity index is 2.51. The van der Waals surface area contributed by atoms with Crippen LogP contribution in [-0.2, 0) is 0 Å². The van der Waals surface area contributed by atoms with E-state index < -0.39 is 0 Å². The van der Waals surface area contributed by atoms with Gasteiger partial charge in [0.2, 0.25) is 0 Å². The lowest BCUT2D eigenvalue weighted by Gasteiger charge is -2.25. The van der Waals surface area contributed by atoms with Gasteiger partial charge < -0.3 is 10.2 Å². The molecule has 0 spiro atoms. The molecule has 0 saturated heterocycles. The van der Waals surface area contributed by atoms with Crippen molar-refractivity contribution in [2.45, 2.75) is 38.8 Å². The molecule has 64 valence electrons. The second-order valence-corrected chi connectivity index (χ2v) is 3.29. The van der Waals surface area contributed by atoms with E-state index in [0.29, 0.717) is 12.1 Å². The van der Waals surface area contributed by atoms with Crippen molar-refractivity contribution < 1.29 is 4.79 Å². The van der Waals surface area contributed by atoms with Crippen LogP contribution in [0.3, 0.4) is 0 Å². The summed E-state index contributed by atoms with van der Waals surface area (Å²) in [7, 11) is 1.68. The van der Waals surface area contributed by atoms with E-state index >= 15 is 0 Å². The van der Waals surface area contributed by atoms with E-state index in [1.807, 2.05) is 18.7 Å². The predicted octanol–water partition coefficient (Wildman–Crippen LogP) is 1.20. The highest BCUT2D eigenvalue weighted by molar-refractivity contribution is 5.74. The molecule has 3 nitrogen and oxygen atoms in total. The van der Waals surface area contributed by atoms with Gasteiger partial charge in [0, 0.05) is 19.1 Å². The fourth-order valence-electron chi connectivity index (χ4n) is 1.30. The van der Waals surface area contributed by atoms with E-state index in [0.717, 1.165) is 0 Å². The maximum Gasteiger partial charge on any atom is 0.317 e. The van der Waals surface area contributed by atoms with Crippen molar-refractivity contribution >= 4 is 6.03 Å². The second-order valence-electron chi connectivity index (χ2n) is 3.29. The Morgan fingerprint density at radius 3 is 2.36 bits per heavy atom. The average Bonchev–Trinajstić information content (AvgIpc) is 2.71. The minimum atomic E-state index is 0.0579. The Morgan fingerprint density at radius 2 is 2.09 bits per heavy atom. The van der Waals surface area contributed by atoms with Crippen LogP contribution in [0.2, 0.25) is 0 Å². The molecule has 1 rings (SSSR count). The fourth-order valence-corrected chi connectivity index (χ4v) is 1.30. The molecular weight excluding hydrogens is 140 g/mol. The number of hydrogen-bond acceptors (Lipinski definition) is 1. The zero-order valence-electron chi connectivity index (χ0n) is 7.42. The standard InChI is InChI=1S/C8H16N2O/c1-6(2)10(7-4-5-7)8(11)9-3/h6-7H,4-5H2,1-3H3,(H,9,11). The fraction of sp³-hybridized carbons (Fsp3) is 0.875. The Bertz CT molecular complexity index is 150. The molecule has 1 aliphatic carbocycles. The first kappa shape index (κ1) is 8.37. The number of nitrogens with one attached hydrogen (secondary N) is 1. The number of rotatable bonds is 2. The SMILES string of the molecule is CNC(=O)N(C(C)C)C1CC1. The van der Waals surface area contributed by atoms with Gasteiger partial charge >= 0.3 is 6.03 Å². The summed E-state index contributed by atoms with van der Waals surface area (Å²) in [5, 5.41) is 2.65. The Hall–Kier alpha value is -0.730. The molecule has 0 unspecified atom stereocenters. The van der Waals surface area contributed by atoms with Gasteiger partial charge in [0.25, 0.3) is 0 Å². The van der Waals surface area contributed by atoms with Crippen molar-refractivity contribution in [3.63, 3.8) is 0 Å². The molecule has 0 atom stereocenters. The van der Waals surface area contributed by atoms with Crippen molar-refractivity contribution in [2.24, 2.45) is 0 Å². The highest BCUT2D eigenvalue weighted by Crippen LogP contribution is 2.28. The third-order valence-electron chi connectivity index (χ3n) is 1.94. The normalized spacial score (nSPS) is 16.7. The van der Waals surface area contributed by atoms with Crippen LogP contribution < -0.4 is 5.32 Å². The van der Waals surface area contributed by atoms with Crippen LogP contribution in [0.1, 0.15) is 26.7 Å². The van der Waals surface area contributed by atoms with E-state index in [2.05, 4.69) is 5.32 Å². The van der Waals surface area contributed by atoms with Gasteiger partial charge in [0.1, 0.15) is 0 Å². The molecule has 0 aromatic carbocycles. The molecule has 0 bridgehead atoms. The summed E-state index contributed by atoms with van der Waals surface area (Å²) >= 11 is 0. The van der Waals surface area contributed by atoms with Crippen LogP contribution in [0.4, 0.5) is 4.79 Å². The van der Waals surface area contributed by atoms with Gasteiger partial charge in [0.15, 0.2) is 0 Å². The van der Waals surface area contributed by atoms with E-state index in [4.69, 9.17) is 0 Å². The summed E-state index contributed by atoms with van der Waals surface area (Å²) in [6, 6.07) is 0.889. The Kier molecular flexibility index (Phi) is 2.37. The number of hydrogen-bond donors (Lipinski definition) is 1. The third-order valence-corrected chi connectivity index (χ3v) is 1.94. The monoisotopic (exact) mass is 156 g/mol. The summed E-state index contributed by atoms with van der Waals surface area (Å²) < 4.78 is 0. The smallest absolute Gasteiger partial charge is 0.317 e. The van der Waals surface area contributed by atoms with Gasteiger partial charge in [-0.3, -0.25) is 0 Å². The summed E-state index contributed by atoms with van der Waals surface area (Å²) in [4.78, 5) is 13.2. The maximum atomic E-state index is 11.2. The molecule has 1 N–H and O–H groups in total. The van der Waals surface area contributed by atoms with Crippen molar-refractivity contribution in [3.05, 3.63) is 0 Å². The molecule has 0 aromatic rings. The van der Waals surface area contributed by atoms with Gasteiger partial charge in [0.05, 0.1) is 0 Å². The molecule has 0 aromatic heterocycles. The van der Waals surface area contributed by atoms with Gasteiger partial charge in [-0.25, -0.2) is 4.79 Å². The van der Waals surface area contributed by atoms with E-state index in [-0.39, 0.29) is 6.03 Å². The lowest BCUT2D eigenvalue weighted by atomic mass is 10.3. The number of amides is 2. The van der Waals surface area contributed by atoms with Gasteiger partial charge in [-0.2, -0.15) is 0 Å². The van der Waals surface area contributed by atoms with E-state index in [1.165, 1.54) is 12.8 Å². The van der Waals surface area contributed by atoms with E-state index in [9.17, 15) is 4.79 Å². The van der Waals surface area contributed by atoms with Crippen molar-refractivity contribution in [1.82, 2.24) is 10.2 Å². The first-order valence-corrected chi connectivity index (χ1v) is 4.17. The van der Waals surface area contributed by atoms with Gasteiger partial charge in [-0.15, -0.1) is 0 Å². The van der Waals surface area contributed by atoms with Crippen LogP contribution in [0.25, 0.3) is 0 Å². The number of nitrogens with zero attached hydrogens (tertiary/aromatic N) is 1. The molecule has 1 fully saturated rings. The zero-order valence-corrected chi connectivity index (χ0v) is 7.42. The summed E-state index contributed by atoms with van der Waals surface area (Å²) in [5.41, 5.74) is 0. The first-order chi connectivity index (χ1) is 5.16. The van der Waals surface area contributed by atoms with Crippen molar-refractivity contribution in [2.75, 3.05) is 7.05 Å². The zero-order chi connectivity index (χ0) is 8.43.